The normalized spacial score (nSPS) is 20.5. The number of allylic oxidation sites excluding steroid dienone is 1. The van der Waals surface area contributed by atoms with Gasteiger partial charge in [0.15, 0.2) is 17.8 Å². The summed E-state index contributed by atoms with van der Waals surface area (Å²) < 4.78 is 5.61. The SMILES string of the molecule is CCC1=C(N=C(N)N)O[C@@H](CC(C)C)C(=O)C1. The standard InChI is InChI=1S/C12H21N3O2/c1-4-8-6-9(16)10(5-7(2)3)17-11(8)15-12(13)14/h7,10H,4-6H2,1-3H3,(H4,13,14,15)/t10-/m0/s1. The van der Waals surface area contributed by atoms with E-state index in [1.807, 2.05) is 6.92 Å². The summed E-state index contributed by atoms with van der Waals surface area (Å²) in [6.45, 7) is 6.06. The highest BCUT2D eigenvalue weighted by Crippen LogP contribution is 2.27. The molecule has 0 saturated heterocycles. The maximum atomic E-state index is 11.9. The third kappa shape index (κ3) is 3.76. The molecule has 0 aromatic rings. The van der Waals surface area contributed by atoms with Crippen molar-refractivity contribution in [2.45, 2.75) is 46.1 Å². The van der Waals surface area contributed by atoms with Crippen molar-refractivity contribution in [3.05, 3.63) is 11.5 Å². The highest BCUT2D eigenvalue weighted by molar-refractivity contribution is 5.86. The molecule has 0 saturated carbocycles. The van der Waals surface area contributed by atoms with Crippen molar-refractivity contribution in [1.82, 2.24) is 0 Å². The Morgan fingerprint density at radius 1 is 1.53 bits per heavy atom. The molecule has 0 amide bonds. The number of ketones is 1. The highest BCUT2D eigenvalue weighted by Gasteiger charge is 2.29. The summed E-state index contributed by atoms with van der Waals surface area (Å²) in [6, 6.07) is 0. The predicted molar refractivity (Wildman–Crippen MR) is 67.1 cm³/mol. The van der Waals surface area contributed by atoms with Crippen LogP contribution in [0.2, 0.25) is 0 Å². The smallest absolute Gasteiger partial charge is 0.216 e. The van der Waals surface area contributed by atoms with Crippen LogP contribution in [0.3, 0.4) is 0 Å². The Bertz CT molecular complexity index is 355. The van der Waals surface area contributed by atoms with Gasteiger partial charge in [-0.15, -0.1) is 0 Å². The highest BCUT2D eigenvalue weighted by atomic mass is 16.5. The molecule has 17 heavy (non-hydrogen) atoms. The Balaban J connectivity index is 2.91. The largest absolute Gasteiger partial charge is 0.466 e. The molecule has 1 heterocycles. The Hall–Kier alpha value is -1.52. The Morgan fingerprint density at radius 2 is 2.18 bits per heavy atom. The number of rotatable bonds is 4. The zero-order chi connectivity index (χ0) is 13.0. The molecule has 0 fully saturated rings. The Labute approximate surface area is 102 Å². The fourth-order valence-electron chi connectivity index (χ4n) is 1.79. The van der Waals surface area contributed by atoms with Gasteiger partial charge in [0, 0.05) is 6.42 Å². The Morgan fingerprint density at radius 3 is 2.65 bits per heavy atom. The van der Waals surface area contributed by atoms with Gasteiger partial charge in [0.25, 0.3) is 0 Å². The summed E-state index contributed by atoms with van der Waals surface area (Å²) in [5.41, 5.74) is 11.6. The second kappa shape index (κ2) is 5.70. The number of carbonyl (C=O) groups excluding carboxylic acids is 1. The van der Waals surface area contributed by atoms with E-state index in [1.165, 1.54) is 0 Å². The predicted octanol–water partition coefficient (Wildman–Crippen LogP) is 1.29. The fourth-order valence-corrected chi connectivity index (χ4v) is 1.79. The van der Waals surface area contributed by atoms with Crippen LogP contribution < -0.4 is 11.5 Å². The third-order valence-corrected chi connectivity index (χ3v) is 2.65. The first-order valence-electron chi connectivity index (χ1n) is 5.95. The molecule has 1 aliphatic rings. The fraction of sp³-hybridized carbons (Fsp3) is 0.667. The number of carbonyl (C=O) groups is 1. The molecule has 0 spiro atoms. The van der Waals surface area contributed by atoms with Crippen LogP contribution >= 0.6 is 0 Å². The van der Waals surface area contributed by atoms with E-state index in [4.69, 9.17) is 16.2 Å². The van der Waals surface area contributed by atoms with Crippen molar-refractivity contribution >= 4 is 11.7 Å². The summed E-state index contributed by atoms with van der Waals surface area (Å²) in [4.78, 5) is 15.8. The molecule has 5 heteroatoms. The summed E-state index contributed by atoms with van der Waals surface area (Å²) in [6.07, 6.45) is 1.38. The van der Waals surface area contributed by atoms with E-state index in [2.05, 4.69) is 18.8 Å². The zero-order valence-electron chi connectivity index (χ0n) is 10.7. The minimum absolute atomic E-state index is 0.0383. The summed E-state index contributed by atoms with van der Waals surface area (Å²) >= 11 is 0. The number of aliphatic imine (C=N–C) groups is 1. The molecule has 0 radical (unpaired) electrons. The number of guanidine groups is 1. The first kappa shape index (κ1) is 13.5. The van der Waals surface area contributed by atoms with E-state index in [9.17, 15) is 4.79 Å². The quantitative estimate of drug-likeness (QED) is 0.571. The van der Waals surface area contributed by atoms with Crippen LogP contribution in [0.5, 0.6) is 0 Å². The molecule has 0 bridgehead atoms. The van der Waals surface area contributed by atoms with Gasteiger partial charge in [0.2, 0.25) is 5.88 Å². The van der Waals surface area contributed by atoms with Crippen LogP contribution in [0.1, 0.15) is 40.0 Å². The van der Waals surface area contributed by atoms with Gasteiger partial charge in [-0.25, -0.2) is 0 Å². The average molecular weight is 239 g/mol. The van der Waals surface area contributed by atoms with Crippen LogP contribution in [0.15, 0.2) is 16.4 Å². The minimum atomic E-state index is -0.414. The van der Waals surface area contributed by atoms with E-state index in [-0.39, 0.29) is 11.7 Å². The molecule has 1 rings (SSSR count). The molecular formula is C12H21N3O2. The van der Waals surface area contributed by atoms with E-state index in [0.717, 1.165) is 5.57 Å². The van der Waals surface area contributed by atoms with Crippen LogP contribution in [0.4, 0.5) is 0 Å². The second-order valence-corrected chi connectivity index (χ2v) is 4.68. The van der Waals surface area contributed by atoms with Gasteiger partial charge in [0.05, 0.1) is 0 Å². The molecular weight excluding hydrogens is 218 g/mol. The number of hydrogen-bond donors (Lipinski definition) is 2. The maximum absolute atomic E-state index is 11.9. The van der Waals surface area contributed by atoms with Crippen molar-refractivity contribution < 1.29 is 9.53 Å². The molecule has 0 aliphatic carbocycles. The van der Waals surface area contributed by atoms with Crippen LogP contribution in [0, 0.1) is 5.92 Å². The van der Waals surface area contributed by atoms with Crippen molar-refractivity contribution in [3.63, 3.8) is 0 Å². The van der Waals surface area contributed by atoms with Crippen LogP contribution in [-0.4, -0.2) is 17.8 Å². The molecule has 4 N–H and O–H groups in total. The molecule has 0 unspecified atom stereocenters. The lowest BCUT2D eigenvalue weighted by atomic mass is 9.95. The lowest BCUT2D eigenvalue weighted by molar-refractivity contribution is -0.130. The van der Waals surface area contributed by atoms with Crippen molar-refractivity contribution in [2.75, 3.05) is 0 Å². The van der Waals surface area contributed by atoms with E-state index >= 15 is 0 Å². The van der Waals surface area contributed by atoms with Gasteiger partial charge in [0.1, 0.15) is 0 Å². The number of hydrogen-bond acceptors (Lipinski definition) is 3. The van der Waals surface area contributed by atoms with Gasteiger partial charge >= 0.3 is 0 Å². The zero-order valence-corrected chi connectivity index (χ0v) is 10.7. The van der Waals surface area contributed by atoms with Crippen LogP contribution in [0.25, 0.3) is 0 Å². The lowest BCUT2D eigenvalue weighted by Crippen LogP contribution is -2.32. The number of ether oxygens (including phenoxy) is 1. The summed E-state index contributed by atoms with van der Waals surface area (Å²) in [5, 5.41) is 0. The first-order valence-corrected chi connectivity index (χ1v) is 5.95. The summed E-state index contributed by atoms with van der Waals surface area (Å²) in [7, 11) is 0. The molecule has 96 valence electrons. The van der Waals surface area contributed by atoms with E-state index in [1.54, 1.807) is 0 Å². The number of nitrogens with two attached hydrogens (primary N) is 2. The minimum Gasteiger partial charge on any atom is -0.466 e. The van der Waals surface area contributed by atoms with E-state index in [0.29, 0.717) is 31.1 Å². The van der Waals surface area contributed by atoms with Crippen molar-refractivity contribution in [2.24, 2.45) is 22.4 Å². The topological polar surface area (TPSA) is 90.7 Å². The molecule has 5 nitrogen and oxygen atoms in total. The average Bonchev–Trinajstić information content (AvgIpc) is 2.21. The lowest BCUT2D eigenvalue weighted by Gasteiger charge is -2.26. The number of nitrogens with zero attached hydrogens (tertiary/aromatic N) is 1. The first-order chi connectivity index (χ1) is 7.93. The molecule has 0 aromatic heterocycles. The Kier molecular flexibility index (Phi) is 4.54. The van der Waals surface area contributed by atoms with Gasteiger partial charge in [-0.2, -0.15) is 4.99 Å². The van der Waals surface area contributed by atoms with Gasteiger partial charge in [-0.1, -0.05) is 20.8 Å². The van der Waals surface area contributed by atoms with Crippen LogP contribution in [-0.2, 0) is 9.53 Å². The van der Waals surface area contributed by atoms with Crippen molar-refractivity contribution in [1.29, 1.82) is 0 Å². The molecule has 1 atom stereocenters. The van der Waals surface area contributed by atoms with Crippen molar-refractivity contribution in [3.8, 4) is 0 Å². The monoisotopic (exact) mass is 239 g/mol. The third-order valence-electron chi connectivity index (χ3n) is 2.65. The van der Waals surface area contributed by atoms with Gasteiger partial charge in [-0.3, -0.25) is 4.79 Å². The summed E-state index contributed by atoms with van der Waals surface area (Å²) in [5.74, 6) is 0.902. The second-order valence-electron chi connectivity index (χ2n) is 4.68. The van der Waals surface area contributed by atoms with E-state index < -0.39 is 6.10 Å². The number of Topliss-reactive ketones (excluding diaryl/α,β-unsaturated/α-hetero) is 1. The molecule has 1 aliphatic heterocycles. The molecule has 0 aromatic carbocycles. The van der Waals surface area contributed by atoms with Gasteiger partial charge in [-0.05, 0) is 24.3 Å². The van der Waals surface area contributed by atoms with Gasteiger partial charge < -0.3 is 16.2 Å². The maximum Gasteiger partial charge on any atom is 0.216 e.